The maximum absolute atomic E-state index is 13.2. The highest BCUT2D eigenvalue weighted by molar-refractivity contribution is 6.31. The molecule has 2 nitrogen and oxygen atoms in total. The van der Waals surface area contributed by atoms with Crippen molar-refractivity contribution in [3.8, 4) is 0 Å². The summed E-state index contributed by atoms with van der Waals surface area (Å²) < 4.78 is 13.2. The molecule has 2 aromatic rings. The van der Waals surface area contributed by atoms with Crippen molar-refractivity contribution in [2.75, 3.05) is 0 Å². The van der Waals surface area contributed by atoms with Gasteiger partial charge in [0.1, 0.15) is 5.82 Å². The lowest BCUT2D eigenvalue weighted by Crippen LogP contribution is -2.05. The molecule has 0 saturated carbocycles. The number of Topliss-reactive ketones (excluding diaryl/α,β-unsaturated/α-hetero) is 1. The number of aromatic nitrogens is 1. The molecule has 0 bridgehead atoms. The number of nitrogens with zero attached hydrogens (tertiary/aromatic N) is 1. The number of hydrogen-bond acceptors (Lipinski definition) is 2. The van der Waals surface area contributed by atoms with Crippen molar-refractivity contribution in [1.82, 2.24) is 4.98 Å². The number of pyridine rings is 1. The third kappa shape index (κ3) is 2.93. The van der Waals surface area contributed by atoms with Gasteiger partial charge in [0, 0.05) is 24.4 Å². The molecule has 0 fully saturated rings. The van der Waals surface area contributed by atoms with E-state index in [9.17, 15) is 9.18 Å². The van der Waals surface area contributed by atoms with Gasteiger partial charge in [0.15, 0.2) is 5.78 Å². The van der Waals surface area contributed by atoms with Crippen molar-refractivity contribution < 1.29 is 9.18 Å². The standard InChI is InChI=1S/C14H11ClFNO/c1-9-4-11(6-12(16)5-9)14(18)7-10-2-3-17-8-13(10)15/h2-6,8H,7H2,1H3. The maximum atomic E-state index is 13.2. The molecule has 2 rings (SSSR count). The molecule has 0 unspecified atom stereocenters. The molecule has 1 aromatic carbocycles. The Morgan fingerprint density at radius 1 is 1.39 bits per heavy atom. The van der Waals surface area contributed by atoms with Crippen LogP contribution < -0.4 is 0 Å². The van der Waals surface area contributed by atoms with E-state index >= 15 is 0 Å². The van der Waals surface area contributed by atoms with Crippen LogP contribution in [-0.4, -0.2) is 10.8 Å². The van der Waals surface area contributed by atoms with Gasteiger partial charge in [0.2, 0.25) is 0 Å². The highest BCUT2D eigenvalue weighted by Gasteiger charge is 2.11. The van der Waals surface area contributed by atoms with Gasteiger partial charge in [-0.1, -0.05) is 11.6 Å². The molecular weight excluding hydrogens is 253 g/mol. The number of benzene rings is 1. The number of hydrogen-bond donors (Lipinski definition) is 0. The van der Waals surface area contributed by atoms with Crippen molar-refractivity contribution in [2.24, 2.45) is 0 Å². The number of carbonyl (C=O) groups excluding carboxylic acids is 1. The maximum Gasteiger partial charge on any atom is 0.167 e. The van der Waals surface area contributed by atoms with Crippen LogP contribution >= 0.6 is 11.6 Å². The van der Waals surface area contributed by atoms with E-state index in [1.165, 1.54) is 18.3 Å². The summed E-state index contributed by atoms with van der Waals surface area (Å²) in [5.74, 6) is -0.565. The second-order valence-corrected chi connectivity index (χ2v) is 4.49. The van der Waals surface area contributed by atoms with Crippen LogP contribution in [0.3, 0.4) is 0 Å². The molecule has 4 heteroatoms. The molecule has 0 aliphatic rings. The lowest BCUT2D eigenvalue weighted by molar-refractivity contribution is 0.0992. The summed E-state index contributed by atoms with van der Waals surface area (Å²) in [6.45, 7) is 1.75. The van der Waals surface area contributed by atoms with E-state index in [0.717, 1.165) is 5.56 Å². The van der Waals surface area contributed by atoms with Crippen molar-refractivity contribution in [3.05, 3.63) is 64.2 Å². The van der Waals surface area contributed by atoms with Crippen molar-refractivity contribution in [2.45, 2.75) is 13.3 Å². The van der Waals surface area contributed by atoms with Gasteiger partial charge in [-0.2, -0.15) is 0 Å². The predicted molar refractivity (Wildman–Crippen MR) is 68.4 cm³/mol. The minimum Gasteiger partial charge on any atom is -0.294 e. The van der Waals surface area contributed by atoms with Crippen LogP contribution in [0.2, 0.25) is 5.02 Å². The Balaban J connectivity index is 2.25. The molecule has 1 heterocycles. The topological polar surface area (TPSA) is 30.0 Å². The number of halogens is 2. The highest BCUT2D eigenvalue weighted by Crippen LogP contribution is 2.17. The monoisotopic (exact) mass is 263 g/mol. The van der Waals surface area contributed by atoms with Crippen LogP contribution in [0, 0.1) is 12.7 Å². The molecule has 92 valence electrons. The number of ketones is 1. The molecular formula is C14H11ClFNO. The Morgan fingerprint density at radius 2 is 2.17 bits per heavy atom. The van der Waals surface area contributed by atoms with Gasteiger partial charge in [0.05, 0.1) is 5.02 Å². The summed E-state index contributed by atoms with van der Waals surface area (Å²) >= 11 is 5.93. The van der Waals surface area contributed by atoms with E-state index in [1.54, 1.807) is 25.3 Å². The van der Waals surface area contributed by atoms with Crippen LogP contribution in [0.5, 0.6) is 0 Å². The zero-order valence-electron chi connectivity index (χ0n) is 9.78. The van der Waals surface area contributed by atoms with Gasteiger partial charge in [0.25, 0.3) is 0 Å². The fourth-order valence-corrected chi connectivity index (χ4v) is 1.91. The van der Waals surface area contributed by atoms with E-state index in [4.69, 9.17) is 11.6 Å². The largest absolute Gasteiger partial charge is 0.294 e. The summed E-state index contributed by atoms with van der Waals surface area (Å²) in [6.07, 6.45) is 3.20. The summed E-state index contributed by atoms with van der Waals surface area (Å²) in [6, 6.07) is 5.98. The number of rotatable bonds is 3. The average molecular weight is 264 g/mol. The van der Waals surface area contributed by atoms with Crippen LogP contribution in [0.25, 0.3) is 0 Å². The van der Waals surface area contributed by atoms with Gasteiger partial charge in [-0.05, 0) is 42.3 Å². The Kier molecular flexibility index (Phi) is 3.72. The third-order valence-corrected chi connectivity index (χ3v) is 2.91. The van der Waals surface area contributed by atoms with E-state index in [1.807, 2.05) is 0 Å². The molecule has 0 N–H and O–H groups in total. The molecule has 0 radical (unpaired) electrons. The SMILES string of the molecule is Cc1cc(F)cc(C(=O)Cc2ccncc2Cl)c1. The smallest absolute Gasteiger partial charge is 0.167 e. The van der Waals surface area contributed by atoms with E-state index in [-0.39, 0.29) is 12.2 Å². The van der Waals surface area contributed by atoms with Gasteiger partial charge in [-0.15, -0.1) is 0 Å². The molecule has 0 aliphatic heterocycles. The summed E-state index contributed by atoms with van der Waals surface area (Å²) in [7, 11) is 0. The fourth-order valence-electron chi connectivity index (χ4n) is 1.72. The Labute approximate surface area is 109 Å². The Bertz CT molecular complexity index is 578. The zero-order chi connectivity index (χ0) is 13.1. The van der Waals surface area contributed by atoms with E-state index in [2.05, 4.69) is 4.98 Å². The summed E-state index contributed by atoms with van der Waals surface area (Å²) in [4.78, 5) is 15.9. The first-order valence-corrected chi connectivity index (χ1v) is 5.83. The lowest BCUT2D eigenvalue weighted by Gasteiger charge is -2.04. The van der Waals surface area contributed by atoms with Gasteiger partial charge in [-0.25, -0.2) is 4.39 Å². The Hall–Kier alpha value is -1.74. The van der Waals surface area contributed by atoms with Crippen LogP contribution in [0.1, 0.15) is 21.5 Å². The van der Waals surface area contributed by atoms with Crippen molar-refractivity contribution in [1.29, 1.82) is 0 Å². The molecule has 1 aromatic heterocycles. The fraction of sp³-hybridized carbons (Fsp3) is 0.143. The molecule has 0 spiro atoms. The van der Waals surface area contributed by atoms with Crippen LogP contribution in [0.4, 0.5) is 4.39 Å². The highest BCUT2D eigenvalue weighted by atomic mass is 35.5. The first-order chi connectivity index (χ1) is 8.56. The normalized spacial score (nSPS) is 10.4. The molecule has 18 heavy (non-hydrogen) atoms. The first kappa shape index (κ1) is 12.7. The molecule has 0 saturated heterocycles. The molecule has 0 aliphatic carbocycles. The van der Waals surface area contributed by atoms with Crippen molar-refractivity contribution in [3.63, 3.8) is 0 Å². The van der Waals surface area contributed by atoms with Crippen molar-refractivity contribution >= 4 is 17.4 Å². The summed E-state index contributed by atoms with van der Waals surface area (Å²) in [5.41, 5.74) is 1.78. The van der Waals surface area contributed by atoms with E-state index in [0.29, 0.717) is 16.1 Å². The predicted octanol–water partition coefficient (Wildman–Crippen LogP) is 3.61. The zero-order valence-corrected chi connectivity index (χ0v) is 10.5. The van der Waals surface area contributed by atoms with E-state index < -0.39 is 5.82 Å². The minimum absolute atomic E-state index is 0.143. The van der Waals surface area contributed by atoms with Gasteiger partial charge in [-0.3, -0.25) is 9.78 Å². The first-order valence-electron chi connectivity index (χ1n) is 5.45. The molecule has 0 amide bonds. The third-order valence-electron chi connectivity index (χ3n) is 2.57. The number of carbonyl (C=O) groups is 1. The Morgan fingerprint density at radius 3 is 2.83 bits per heavy atom. The molecule has 0 atom stereocenters. The van der Waals surface area contributed by atoms with Crippen LogP contribution in [0.15, 0.2) is 36.7 Å². The second kappa shape index (κ2) is 5.27. The summed E-state index contributed by atoms with van der Waals surface area (Å²) in [5, 5.41) is 0.443. The van der Waals surface area contributed by atoms with Gasteiger partial charge >= 0.3 is 0 Å². The van der Waals surface area contributed by atoms with Gasteiger partial charge < -0.3 is 0 Å². The lowest BCUT2D eigenvalue weighted by atomic mass is 10.0. The minimum atomic E-state index is -0.404. The quantitative estimate of drug-likeness (QED) is 0.792. The number of aryl methyl sites for hydroxylation is 1. The van der Waals surface area contributed by atoms with Crippen LogP contribution in [-0.2, 0) is 6.42 Å². The average Bonchev–Trinajstić information content (AvgIpc) is 2.31. The second-order valence-electron chi connectivity index (χ2n) is 4.08.